The van der Waals surface area contributed by atoms with Crippen molar-refractivity contribution in [3.05, 3.63) is 54.6 Å². The van der Waals surface area contributed by atoms with Crippen LogP contribution in [0.4, 0.5) is 0 Å². The molecule has 0 fully saturated rings. The van der Waals surface area contributed by atoms with Gasteiger partial charge in [-0.1, -0.05) is 59.2 Å². The highest BCUT2D eigenvalue weighted by molar-refractivity contribution is 5.86. The zero-order valence-corrected chi connectivity index (χ0v) is 13.1. The Hall–Kier alpha value is -2.29. The number of ether oxygens (including phenoxy) is 2. The van der Waals surface area contributed by atoms with Crippen LogP contribution in [0.5, 0.6) is 5.75 Å². The van der Waals surface area contributed by atoms with E-state index in [0.717, 1.165) is 11.1 Å². The lowest BCUT2D eigenvalue weighted by Crippen LogP contribution is -2.12. The van der Waals surface area contributed by atoms with Crippen LogP contribution in [0.15, 0.2) is 43.5 Å². The fourth-order valence-electron chi connectivity index (χ4n) is 1.42. The van der Waals surface area contributed by atoms with Crippen molar-refractivity contribution >= 4 is 18.1 Å². The molecule has 0 saturated carbocycles. The maximum atomic E-state index is 11.1. The molecule has 22 heavy (non-hydrogen) atoms. The zero-order valence-electron chi connectivity index (χ0n) is 13.1. The van der Waals surface area contributed by atoms with Crippen LogP contribution in [0, 0.1) is 0 Å². The van der Waals surface area contributed by atoms with Gasteiger partial charge in [-0.15, -0.1) is 0 Å². The standard InChI is InChI=1S/C16H18O3.C2H6.CH4/c1-5-13-7-8-15(11-14(13)6-2)18-9-10-19-16(17)12(3)4;1-2;/h5-8,11H,1-3,9-10H2,4H3;1-2H3;1H4. The lowest BCUT2D eigenvalue weighted by molar-refractivity contribution is -0.139. The monoisotopic (exact) mass is 304 g/mol. The summed E-state index contributed by atoms with van der Waals surface area (Å²) in [5.74, 6) is 0.296. The fraction of sp³-hybridized carbons (Fsp3) is 0.316. The van der Waals surface area contributed by atoms with Crippen molar-refractivity contribution in [2.24, 2.45) is 0 Å². The van der Waals surface area contributed by atoms with E-state index in [4.69, 9.17) is 9.47 Å². The SMILES string of the molecule is C.C=Cc1ccc(OCCOC(=O)C(=C)C)cc1C=C.CC. The molecule has 0 N–H and O–H groups in total. The van der Waals surface area contributed by atoms with Crippen molar-refractivity contribution in [3.63, 3.8) is 0 Å². The average molecular weight is 304 g/mol. The Morgan fingerprint density at radius 1 is 1.14 bits per heavy atom. The van der Waals surface area contributed by atoms with Gasteiger partial charge in [0.15, 0.2) is 0 Å². The molecule has 0 atom stereocenters. The largest absolute Gasteiger partial charge is 0.490 e. The van der Waals surface area contributed by atoms with E-state index in [1.165, 1.54) is 0 Å². The van der Waals surface area contributed by atoms with Crippen LogP contribution in [0.25, 0.3) is 12.2 Å². The molecule has 1 aromatic carbocycles. The molecule has 1 rings (SSSR count). The molecule has 0 unspecified atom stereocenters. The van der Waals surface area contributed by atoms with E-state index in [0.29, 0.717) is 17.9 Å². The van der Waals surface area contributed by atoms with E-state index < -0.39 is 5.97 Å². The highest BCUT2D eigenvalue weighted by atomic mass is 16.6. The topological polar surface area (TPSA) is 35.5 Å². The Kier molecular flexibility index (Phi) is 12.4. The summed E-state index contributed by atoms with van der Waals surface area (Å²) in [4.78, 5) is 11.1. The van der Waals surface area contributed by atoms with Gasteiger partial charge < -0.3 is 9.47 Å². The van der Waals surface area contributed by atoms with Crippen molar-refractivity contribution in [2.75, 3.05) is 13.2 Å². The van der Waals surface area contributed by atoms with Gasteiger partial charge in [-0.2, -0.15) is 0 Å². The van der Waals surface area contributed by atoms with E-state index in [1.807, 2.05) is 32.0 Å². The summed E-state index contributed by atoms with van der Waals surface area (Å²) < 4.78 is 10.4. The highest BCUT2D eigenvalue weighted by Gasteiger charge is 2.03. The molecule has 0 radical (unpaired) electrons. The van der Waals surface area contributed by atoms with Gasteiger partial charge in [0.2, 0.25) is 0 Å². The number of benzene rings is 1. The van der Waals surface area contributed by atoms with E-state index in [9.17, 15) is 4.79 Å². The van der Waals surface area contributed by atoms with Gasteiger partial charge in [-0.3, -0.25) is 0 Å². The van der Waals surface area contributed by atoms with Gasteiger partial charge >= 0.3 is 5.97 Å². The minimum atomic E-state index is -0.405. The minimum Gasteiger partial charge on any atom is -0.490 e. The summed E-state index contributed by atoms with van der Waals surface area (Å²) in [5.41, 5.74) is 2.33. The molecule has 0 saturated heterocycles. The van der Waals surface area contributed by atoms with Gasteiger partial charge in [0, 0.05) is 5.57 Å². The molecule has 0 heterocycles. The number of carbonyl (C=O) groups is 1. The van der Waals surface area contributed by atoms with Crippen molar-refractivity contribution < 1.29 is 14.3 Å². The van der Waals surface area contributed by atoms with E-state index in [2.05, 4.69) is 19.7 Å². The quantitative estimate of drug-likeness (QED) is 0.398. The summed E-state index contributed by atoms with van der Waals surface area (Å²) in [7, 11) is 0. The predicted molar refractivity (Wildman–Crippen MR) is 96.0 cm³/mol. The zero-order chi connectivity index (χ0) is 16.3. The third-order valence-electron chi connectivity index (χ3n) is 2.43. The summed E-state index contributed by atoms with van der Waals surface area (Å²) >= 11 is 0. The summed E-state index contributed by atoms with van der Waals surface area (Å²) in [6.45, 7) is 17.1. The van der Waals surface area contributed by atoms with E-state index >= 15 is 0 Å². The number of esters is 1. The van der Waals surface area contributed by atoms with Crippen molar-refractivity contribution in [1.82, 2.24) is 0 Å². The molecule has 0 aromatic heterocycles. The predicted octanol–water partition coefficient (Wildman–Crippen LogP) is 5.13. The van der Waals surface area contributed by atoms with E-state index in [-0.39, 0.29) is 14.0 Å². The lowest BCUT2D eigenvalue weighted by atomic mass is 10.1. The van der Waals surface area contributed by atoms with Gasteiger partial charge in [0.1, 0.15) is 19.0 Å². The van der Waals surface area contributed by atoms with Gasteiger partial charge in [0.25, 0.3) is 0 Å². The molecule has 3 nitrogen and oxygen atoms in total. The third-order valence-corrected chi connectivity index (χ3v) is 2.43. The second-order valence-corrected chi connectivity index (χ2v) is 3.96. The normalized spacial score (nSPS) is 8.50. The molecule has 122 valence electrons. The number of hydrogen-bond donors (Lipinski definition) is 0. The van der Waals surface area contributed by atoms with Crippen LogP contribution in [0.3, 0.4) is 0 Å². The number of hydrogen-bond acceptors (Lipinski definition) is 3. The van der Waals surface area contributed by atoms with Gasteiger partial charge in [-0.25, -0.2) is 4.79 Å². The molecule has 1 aromatic rings. The van der Waals surface area contributed by atoms with E-state index in [1.54, 1.807) is 19.1 Å². The molecule has 0 spiro atoms. The Morgan fingerprint density at radius 2 is 1.73 bits per heavy atom. The van der Waals surface area contributed by atoms with Crippen LogP contribution in [0.2, 0.25) is 0 Å². The molecule has 0 amide bonds. The van der Waals surface area contributed by atoms with Crippen molar-refractivity contribution in [2.45, 2.75) is 28.2 Å². The second kappa shape index (κ2) is 12.5. The summed E-state index contributed by atoms with van der Waals surface area (Å²) in [6, 6.07) is 5.61. The third kappa shape index (κ3) is 7.48. The molecular formula is C19H28O3. The van der Waals surface area contributed by atoms with Crippen LogP contribution in [0.1, 0.15) is 39.3 Å². The first-order valence-electron chi connectivity index (χ1n) is 6.93. The highest BCUT2D eigenvalue weighted by Crippen LogP contribution is 2.19. The first kappa shape index (κ1) is 22.0. The minimum absolute atomic E-state index is 0. The first-order valence-corrected chi connectivity index (χ1v) is 6.93. The van der Waals surface area contributed by atoms with Crippen LogP contribution >= 0.6 is 0 Å². The fourth-order valence-corrected chi connectivity index (χ4v) is 1.42. The maximum Gasteiger partial charge on any atom is 0.333 e. The Balaban J connectivity index is 0. The van der Waals surface area contributed by atoms with Gasteiger partial charge in [-0.05, 0) is 30.2 Å². The number of rotatable bonds is 7. The molecule has 0 aliphatic heterocycles. The van der Waals surface area contributed by atoms with Crippen LogP contribution < -0.4 is 4.74 Å². The summed E-state index contributed by atoms with van der Waals surface area (Å²) in [6.07, 6.45) is 3.50. The van der Waals surface area contributed by atoms with Crippen molar-refractivity contribution in [1.29, 1.82) is 0 Å². The molecule has 3 heteroatoms. The Bertz CT molecular complexity index is 501. The average Bonchev–Trinajstić information content (AvgIpc) is 2.52. The maximum absolute atomic E-state index is 11.1. The molecule has 0 aliphatic carbocycles. The van der Waals surface area contributed by atoms with Crippen LogP contribution in [-0.4, -0.2) is 19.2 Å². The Labute approximate surface area is 135 Å². The molecule has 0 aliphatic rings. The van der Waals surface area contributed by atoms with Crippen molar-refractivity contribution in [3.8, 4) is 5.75 Å². The molecular weight excluding hydrogens is 276 g/mol. The smallest absolute Gasteiger partial charge is 0.333 e. The van der Waals surface area contributed by atoms with Crippen LogP contribution in [-0.2, 0) is 9.53 Å². The summed E-state index contributed by atoms with van der Waals surface area (Å²) in [5, 5.41) is 0. The molecule has 0 bridgehead atoms. The van der Waals surface area contributed by atoms with Gasteiger partial charge in [0.05, 0.1) is 0 Å². The second-order valence-electron chi connectivity index (χ2n) is 3.96. The Morgan fingerprint density at radius 3 is 2.23 bits per heavy atom. The lowest BCUT2D eigenvalue weighted by Gasteiger charge is -2.09. The first-order chi connectivity index (χ1) is 10.1. The number of carbonyl (C=O) groups excluding carboxylic acids is 1.